The second-order valence-corrected chi connectivity index (χ2v) is 7.56. The summed E-state index contributed by atoms with van der Waals surface area (Å²) in [6.45, 7) is 15.8. The average Bonchev–Trinajstić information content (AvgIpc) is 2.26. The molecule has 0 heterocycles. The van der Waals surface area contributed by atoms with Crippen LogP contribution in [0.25, 0.3) is 0 Å². The highest BCUT2D eigenvalue weighted by Crippen LogP contribution is 2.21. The molecule has 0 unspecified atom stereocenters. The second kappa shape index (κ2) is 10.0. The Bertz CT molecular complexity index is 341. The fourth-order valence-corrected chi connectivity index (χ4v) is 2.09. The predicted octanol–water partition coefficient (Wildman–Crippen LogP) is 7.23. The highest BCUT2D eigenvalue weighted by molar-refractivity contribution is 5.05. The summed E-state index contributed by atoms with van der Waals surface area (Å²) < 4.78 is 0. The standard InChI is InChI=1S/C20H36/c1-17(2)11-8-12-18(3)13-9-14-19(4)15-10-16-20(5,6)7/h11,13,15H,8-10,12,14,16H2,1-7H3/b18-13+,19-15+. The molecule has 0 rings (SSSR count). The van der Waals surface area contributed by atoms with Gasteiger partial charge in [-0.3, -0.25) is 0 Å². The van der Waals surface area contributed by atoms with E-state index in [4.69, 9.17) is 0 Å². The Balaban J connectivity index is 3.91. The van der Waals surface area contributed by atoms with Crippen LogP contribution in [0, 0.1) is 5.41 Å². The Morgan fingerprint density at radius 2 is 1.15 bits per heavy atom. The molecule has 0 heteroatoms. The van der Waals surface area contributed by atoms with E-state index in [0.717, 1.165) is 0 Å². The smallest absolute Gasteiger partial charge is 0.0288 e. The van der Waals surface area contributed by atoms with E-state index in [9.17, 15) is 0 Å². The van der Waals surface area contributed by atoms with Gasteiger partial charge in [0.15, 0.2) is 0 Å². The normalized spacial score (nSPS) is 13.6. The molecule has 0 radical (unpaired) electrons. The van der Waals surface area contributed by atoms with E-state index in [0.29, 0.717) is 5.41 Å². The largest absolute Gasteiger partial charge is 0.0856 e. The highest BCUT2D eigenvalue weighted by Gasteiger charge is 2.07. The lowest BCUT2D eigenvalue weighted by atomic mass is 9.90. The third kappa shape index (κ3) is 13.6. The lowest BCUT2D eigenvalue weighted by Crippen LogP contribution is -2.03. The molecule has 0 aliphatic heterocycles. The number of allylic oxidation sites excluding steroid dienone is 6. The van der Waals surface area contributed by atoms with Gasteiger partial charge in [-0.2, -0.15) is 0 Å². The van der Waals surface area contributed by atoms with Crippen molar-refractivity contribution in [3.63, 3.8) is 0 Å². The molecule has 0 aromatic carbocycles. The van der Waals surface area contributed by atoms with Crippen molar-refractivity contribution in [1.29, 1.82) is 0 Å². The summed E-state index contributed by atoms with van der Waals surface area (Å²) in [5, 5.41) is 0. The van der Waals surface area contributed by atoms with Gasteiger partial charge >= 0.3 is 0 Å². The quantitative estimate of drug-likeness (QED) is 0.410. The van der Waals surface area contributed by atoms with Gasteiger partial charge < -0.3 is 0 Å². The second-order valence-electron chi connectivity index (χ2n) is 7.56. The van der Waals surface area contributed by atoms with Crippen LogP contribution in [0.4, 0.5) is 0 Å². The van der Waals surface area contributed by atoms with E-state index in [-0.39, 0.29) is 0 Å². The van der Waals surface area contributed by atoms with E-state index in [1.165, 1.54) is 49.7 Å². The van der Waals surface area contributed by atoms with Crippen LogP contribution in [0.2, 0.25) is 0 Å². The zero-order valence-corrected chi connectivity index (χ0v) is 15.0. The summed E-state index contributed by atoms with van der Waals surface area (Å²) >= 11 is 0. The Kier molecular flexibility index (Phi) is 9.63. The van der Waals surface area contributed by atoms with Gasteiger partial charge in [-0.25, -0.2) is 0 Å². The van der Waals surface area contributed by atoms with Crippen molar-refractivity contribution >= 4 is 0 Å². The molecule has 0 atom stereocenters. The van der Waals surface area contributed by atoms with Crippen molar-refractivity contribution in [1.82, 2.24) is 0 Å². The van der Waals surface area contributed by atoms with E-state index in [2.05, 4.69) is 66.7 Å². The molecular formula is C20H36. The van der Waals surface area contributed by atoms with Gasteiger partial charge in [0, 0.05) is 0 Å². The molecule has 0 spiro atoms. The summed E-state index contributed by atoms with van der Waals surface area (Å²) in [6.07, 6.45) is 14.5. The van der Waals surface area contributed by atoms with E-state index in [1.54, 1.807) is 5.57 Å². The Morgan fingerprint density at radius 1 is 0.700 bits per heavy atom. The van der Waals surface area contributed by atoms with Crippen LogP contribution in [0.1, 0.15) is 87.0 Å². The molecule has 0 nitrogen and oxygen atoms in total. The van der Waals surface area contributed by atoms with Crippen molar-refractivity contribution in [3.05, 3.63) is 34.9 Å². The zero-order valence-electron chi connectivity index (χ0n) is 15.0. The monoisotopic (exact) mass is 276 g/mol. The van der Waals surface area contributed by atoms with Gasteiger partial charge in [0.25, 0.3) is 0 Å². The van der Waals surface area contributed by atoms with Crippen LogP contribution in [0.5, 0.6) is 0 Å². The van der Waals surface area contributed by atoms with Crippen molar-refractivity contribution in [2.75, 3.05) is 0 Å². The molecule has 116 valence electrons. The Morgan fingerprint density at radius 3 is 1.60 bits per heavy atom. The molecule has 0 bridgehead atoms. The lowest BCUT2D eigenvalue weighted by molar-refractivity contribution is 0.381. The van der Waals surface area contributed by atoms with Gasteiger partial charge in [0.05, 0.1) is 0 Å². The average molecular weight is 277 g/mol. The maximum atomic E-state index is 2.43. The number of hydrogen-bond acceptors (Lipinski definition) is 0. The number of hydrogen-bond donors (Lipinski definition) is 0. The molecule has 0 amide bonds. The molecule has 0 aromatic rings. The third-order valence-electron chi connectivity index (χ3n) is 3.51. The van der Waals surface area contributed by atoms with Crippen LogP contribution in [0.15, 0.2) is 34.9 Å². The van der Waals surface area contributed by atoms with Gasteiger partial charge in [-0.1, -0.05) is 55.7 Å². The molecule has 0 aliphatic carbocycles. The summed E-state index contributed by atoms with van der Waals surface area (Å²) in [5.41, 5.74) is 4.96. The van der Waals surface area contributed by atoms with Crippen LogP contribution in [-0.2, 0) is 0 Å². The minimum absolute atomic E-state index is 0.457. The fourth-order valence-electron chi connectivity index (χ4n) is 2.09. The molecule has 0 saturated carbocycles. The molecule has 0 aliphatic rings. The fraction of sp³-hybridized carbons (Fsp3) is 0.700. The topological polar surface area (TPSA) is 0 Å². The maximum Gasteiger partial charge on any atom is -0.0288 e. The van der Waals surface area contributed by atoms with E-state index in [1.807, 2.05) is 0 Å². The highest BCUT2D eigenvalue weighted by atomic mass is 14.1. The van der Waals surface area contributed by atoms with Crippen LogP contribution >= 0.6 is 0 Å². The molecule has 0 N–H and O–H groups in total. The van der Waals surface area contributed by atoms with E-state index >= 15 is 0 Å². The first kappa shape index (κ1) is 19.2. The van der Waals surface area contributed by atoms with Gasteiger partial charge in [0.2, 0.25) is 0 Å². The van der Waals surface area contributed by atoms with E-state index < -0.39 is 0 Å². The van der Waals surface area contributed by atoms with Crippen molar-refractivity contribution in [2.45, 2.75) is 87.0 Å². The molecule has 0 fully saturated rings. The first-order valence-electron chi connectivity index (χ1n) is 8.15. The molecular weight excluding hydrogens is 240 g/mol. The van der Waals surface area contributed by atoms with Crippen molar-refractivity contribution in [3.8, 4) is 0 Å². The first-order chi connectivity index (χ1) is 9.20. The minimum Gasteiger partial charge on any atom is -0.0856 e. The molecule has 0 saturated heterocycles. The zero-order chi connectivity index (χ0) is 15.6. The summed E-state index contributed by atoms with van der Waals surface area (Å²) in [5.74, 6) is 0. The van der Waals surface area contributed by atoms with Crippen LogP contribution in [-0.4, -0.2) is 0 Å². The SMILES string of the molecule is CC(C)=CCC/C(C)=C/CC/C(C)=C/CCC(C)(C)C. The van der Waals surface area contributed by atoms with Crippen LogP contribution in [0.3, 0.4) is 0 Å². The Labute approximate surface area is 128 Å². The summed E-state index contributed by atoms with van der Waals surface area (Å²) in [7, 11) is 0. The van der Waals surface area contributed by atoms with Crippen LogP contribution < -0.4 is 0 Å². The van der Waals surface area contributed by atoms with Crippen molar-refractivity contribution < 1.29 is 0 Å². The van der Waals surface area contributed by atoms with Gasteiger partial charge in [-0.05, 0) is 71.6 Å². The Hall–Kier alpha value is -0.780. The maximum absolute atomic E-state index is 2.43. The predicted molar refractivity (Wildman–Crippen MR) is 94.1 cm³/mol. The number of rotatable bonds is 8. The summed E-state index contributed by atoms with van der Waals surface area (Å²) in [6, 6.07) is 0. The molecule has 20 heavy (non-hydrogen) atoms. The molecule has 0 aromatic heterocycles. The summed E-state index contributed by atoms with van der Waals surface area (Å²) in [4.78, 5) is 0. The minimum atomic E-state index is 0.457. The lowest BCUT2D eigenvalue weighted by Gasteiger charge is -2.16. The third-order valence-corrected chi connectivity index (χ3v) is 3.51. The van der Waals surface area contributed by atoms with Crippen molar-refractivity contribution in [2.24, 2.45) is 5.41 Å². The van der Waals surface area contributed by atoms with Gasteiger partial charge in [-0.15, -0.1) is 0 Å². The first-order valence-corrected chi connectivity index (χ1v) is 8.15. The van der Waals surface area contributed by atoms with Gasteiger partial charge in [0.1, 0.15) is 0 Å².